The van der Waals surface area contributed by atoms with Gasteiger partial charge < -0.3 is 11.5 Å². The fraction of sp³-hybridized carbons (Fsp3) is 0.533. The van der Waals surface area contributed by atoms with Gasteiger partial charge in [0.05, 0.1) is 6.04 Å². The third kappa shape index (κ3) is 3.40. The van der Waals surface area contributed by atoms with Crippen molar-refractivity contribution >= 4 is 21.8 Å². The van der Waals surface area contributed by atoms with Gasteiger partial charge in [-0.15, -0.1) is 0 Å². The summed E-state index contributed by atoms with van der Waals surface area (Å²) in [5, 5.41) is 0. The SMILES string of the molecule is CC(N)C(c1ccccc1Br)N1CCC(C(N)=O)CC1. The molecule has 0 spiro atoms. The number of hydrogen-bond acceptors (Lipinski definition) is 3. The lowest BCUT2D eigenvalue weighted by Crippen LogP contribution is -2.45. The lowest BCUT2D eigenvalue weighted by Gasteiger charge is -2.39. The number of rotatable bonds is 4. The third-order valence-electron chi connectivity index (χ3n) is 4.05. The van der Waals surface area contributed by atoms with Gasteiger partial charge >= 0.3 is 0 Å². The average Bonchev–Trinajstić information content (AvgIpc) is 2.41. The predicted molar refractivity (Wildman–Crippen MR) is 84.0 cm³/mol. The molecule has 1 fully saturated rings. The minimum atomic E-state index is -0.178. The number of benzene rings is 1. The van der Waals surface area contributed by atoms with Gasteiger partial charge in [-0.05, 0) is 44.5 Å². The normalized spacial score (nSPS) is 20.6. The molecule has 0 saturated carbocycles. The van der Waals surface area contributed by atoms with Gasteiger partial charge in [-0.25, -0.2) is 0 Å². The fourth-order valence-electron chi connectivity index (χ4n) is 2.99. The molecule has 0 aliphatic carbocycles. The number of carbonyl (C=O) groups is 1. The van der Waals surface area contributed by atoms with E-state index in [-0.39, 0.29) is 23.9 Å². The summed E-state index contributed by atoms with van der Waals surface area (Å²) in [4.78, 5) is 13.6. The van der Waals surface area contributed by atoms with Crippen LogP contribution in [0.15, 0.2) is 28.7 Å². The Morgan fingerprint density at radius 1 is 1.35 bits per heavy atom. The summed E-state index contributed by atoms with van der Waals surface area (Å²) in [7, 11) is 0. The number of nitrogens with two attached hydrogens (primary N) is 2. The quantitative estimate of drug-likeness (QED) is 0.881. The Labute approximate surface area is 128 Å². The first-order chi connectivity index (χ1) is 9.50. The largest absolute Gasteiger partial charge is 0.369 e. The summed E-state index contributed by atoms with van der Waals surface area (Å²) in [5.41, 5.74) is 12.8. The Morgan fingerprint density at radius 2 is 1.95 bits per heavy atom. The first-order valence-corrected chi connectivity index (χ1v) is 7.83. The molecule has 0 radical (unpaired) electrons. The summed E-state index contributed by atoms with van der Waals surface area (Å²) >= 11 is 3.61. The first kappa shape index (κ1) is 15.5. The van der Waals surface area contributed by atoms with Gasteiger partial charge in [-0.2, -0.15) is 0 Å². The number of hydrogen-bond donors (Lipinski definition) is 2. The lowest BCUT2D eigenvalue weighted by atomic mass is 9.92. The zero-order valence-corrected chi connectivity index (χ0v) is 13.3. The third-order valence-corrected chi connectivity index (χ3v) is 4.77. The van der Waals surface area contributed by atoms with Crippen LogP contribution in [0.2, 0.25) is 0 Å². The van der Waals surface area contributed by atoms with E-state index in [0.29, 0.717) is 0 Å². The van der Waals surface area contributed by atoms with Gasteiger partial charge in [0, 0.05) is 16.4 Å². The van der Waals surface area contributed by atoms with Crippen LogP contribution in [0.1, 0.15) is 31.4 Å². The second-order valence-corrected chi connectivity index (χ2v) is 6.39. The van der Waals surface area contributed by atoms with Crippen molar-refractivity contribution in [2.45, 2.75) is 31.8 Å². The van der Waals surface area contributed by atoms with E-state index in [1.165, 1.54) is 5.56 Å². The maximum atomic E-state index is 11.3. The van der Waals surface area contributed by atoms with Crippen molar-refractivity contribution in [3.05, 3.63) is 34.3 Å². The van der Waals surface area contributed by atoms with E-state index in [2.05, 4.69) is 26.9 Å². The molecule has 1 heterocycles. The zero-order chi connectivity index (χ0) is 14.7. The molecule has 0 bridgehead atoms. The van der Waals surface area contributed by atoms with E-state index in [0.717, 1.165) is 30.4 Å². The number of likely N-dealkylation sites (tertiary alicyclic amines) is 1. The smallest absolute Gasteiger partial charge is 0.220 e. The second-order valence-electron chi connectivity index (χ2n) is 5.54. The number of piperidine rings is 1. The molecular weight excluding hydrogens is 318 g/mol. The monoisotopic (exact) mass is 339 g/mol. The highest BCUT2D eigenvalue weighted by Gasteiger charge is 2.30. The maximum absolute atomic E-state index is 11.3. The standard InChI is InChI=1S/C15H22BrN3O/c1-10(17)14(12-4-2-3-5-13(12)16)19-8-6-11(7-9-19)15(18)20/h2-5,10-11,14H,6-9,17H2,1H3,(H2,18,20). The van der Waals surface area contributed by atoms with E-state index in [4.69, 9.17) is 11.5 Å². The predicted octanol–water partition coefficient (Wildman–Crippen LogP) is 2.03. The van der Waals surface area contributed by atoms with Crippen LogP contribution in [-0.4, -0.2) is 29.9 Å². The Balaban J connectivity index is 2.15. The van der Waals surface area contributed by atoms with Crippen molar-refractivity contribution < 1.29 is 4.79 Å². The molecule has 1 aromatic carbocycles. The molecule has 1 amide bonds. The average molecular weight is 340 g/mol. The zero-order valence-electron chi connectivity index (χ0n) is 11.8. The second kappa shape index (κ2) is 6.70. The topological polar surface area (TPSA) is 72.3 Å². The van der Waals surface area contributed by atoms with Crippen molar-refractivity contribution in [3.63, 3.8) is 0 Å². The molecule has 110 valence electrons. The van der Waals surface area contributed by atoms with Gasteiger partial charge in [0.15, 0.2) is 0 Å². The molecule has 2 rings (SSSR count). The molecule has 1 aliphatic rings. The van der Waals surface area contributed by atoms with E-state index in [9.17, 15) is 4.79 Å². The Morgan fingerprint density at radius 3 is 2.45 bits per heavy atom. The maximum Gasteiger partial charge on any atom is 0.220 e. The number of halogens is 1. The minimum absolute atomic E-state index is 0.0131. The number of carbonyl (C=O) groups excluding carboxylic acids is 1. The summed E-state index contributed by atoms with van der Waals surface area (Å²) in [5.74, 6) is -0.165. The molecule has 2 atom stereocenters. The van der Waals surface area contributed by atoms with E-state index < -0.39 is 0 Å². The van der Waals surface area contributed by atoms with Crippen molar-refractivity contribution in [2.75, 3.05) is 13.1 Å². The van der Waals surface area contributed by atoms with Crippen LogP contribution in [0.4, 0.5) is 0 Å². The van der Waals surface area contributed by atoms with Crippen LogP contribution in [0.25, 0.3) is 0 Å². The molecule has 1 saturated heterocycles. The number of primary amides is 1. The molecule has 1 aromatic rings. The van der Waals surface area contributed by atoms with Crippen molar-refractivity contribution in [1.82, 2.24) is 4.90 Å². The highest BCUT2D eigenvalue weighted by atomic mass is 79.9. The van der Waals surface area contributed by atoms with Crippen LogP contribution in [0, 0.1) is 5.92 Å². The van der Waals surface area contributed by atoms with Gasteiger partial charge in [0.25, 0.3) is 0 Å². The van der Waals surface area contributed by atoms with E-state index in [1.807, 2.05) is 25.1 Å². The van der Waals surface area contributed by atoms with Crippen molar-refractivity contribution in [3.8, 4) is 0 Å². The highest BCUT2D eigenvalue weighted by molar-refractivity contribution is 9.10. The summed E-state index contributed by atoms with van der Waals surface area (Å²) in [6.45, 7) is 3.76. The molecular formula is C15H22BrN3O. The number of nitrogens with zero attached hydrogens (tertiary/aromatic N) is 1. The van der Waals surface area contributed by atoms with Crippen molar-refractivity contribution in [1.29, 1.82) is 0 Å². The van der Waals surface area contributed by atoms with Gasteiger partial charge in [-0.3, -0.25) is 9.69 Å². The van der Waals surface area contributed by atoms with Crippen LogP contribution >= 0.6 is 15.9 Å². The van der Waals surface area contributed by atoms with E-state index >= 15 is 0 Å². The van der Waals surface area contributed by atoms with Crippen LogP contribution in [0.3, 0.4) is 0 Å². The van der Waals surface area contributed by atoms with Crippen LogP contribution in [-0.2, 0) is 4.79 Å². The fourth-order valence-corrected chi connectivity index (χ4v) is 3.51. The van der Waals surface area contributed by atoms with Crippen molar-refractivity contribution in [2.24, 2.45) is 17.4 Å². The highest BCUT2D eigenvalue weighted by Crippen LogP contribution is 2.32. The molecule has 1 aliphatic heterocycles. The first-order valence-electron chi connectivity index (χ1n) is 7.04. The number of amides is 1. The van der Waals surface area contributed by atoms with Gasteiger partial charge in [0.2, 0.25) is 5.91 Å². The summed E-state index contributed by atoms with van der Waals surface area (Å²) < 4.78 is 1.08. The molecule has 4 N–H and O–H groups in total. The van der Waals surface area contributed by atoms with Gasteiger partial charge in [0.1, 0.15) is 0 Å². The van der Waals surface area contributed by atoms with Crippen LogP contribution < -0.4 is 11.5 Å². The summed E-state index contributed by atoms with van der Waals surface area (Å²) in [6.07, 6.45) is 1.64. The molecule has 2 unspecified atom stereocenters. The Hall–Kier alpha value is -0.910. The van der Waals surface area contributed by atoms with Gasteiger partial charge in [-0.1, -0.05) is 34.1 Å². The summed E-state index contributed by atoms with van der Waals surface area (Å²) in [6, 6.07) is 8.38. The van der Waals surface area contributed by atoms with Crippen LogP contribution in [0.5, 0.6) is 0 Å². The molecule has 4 nitrogen and oxygen atoms in total. The molecule has 20 heavy (non-hydrogen) atoms. The molecule has 0 aromatic heterocycles. The minimum Gasteiger partial charge on any atom is -0.369 e. The Kier molecular flexibility index (Phi) is 5.18. The lowest BCUT2D eigenvalue weighted by molar-refractivity contribution is -0.123. The molecule has 5 heteroatoms. The Bertz CT molecular complexity index is 470. The van der Waals surface area contributed by atoms with E-state index in [1.54, 1.807) is 0 Å².